The first-order valence-electron chi connectivity index (χ1n) is 11.6. The fourth-order valence-electron chi connectivity index (χ4n) is 4.25. The molecule has 5 rings (SSSR count). The molecule has 2 aromatic carbocycles. The van der Waals surface area contributed by atoms with E-state index in [4.69, 9.17) is 14.7 Å². The average Bonchev–Trinajstić information content (AvgIpc) is 3.20. The van der Waals surface area contributed by atoms with Crippen LogP contribution < -0.4 is 10.1 Å². The number of rotatable bonds is 5. The smallest absolute Gasteiger partial charge is 0.157 e. The van der Waals surface area contributed by atoms with E-state index in [1.807, 2.05) is 35.2 Å². The van der Waals surface area contributed by atoms with E-state index in [2.05, 4.69) is 60.5 Å². The summed E-state index contributed by atoms with van der Waals surface area (Å²) in [6.45, 7) is 7.27. The summed E-state index contributed by atoms with van der Waals surface area (Å²) >= 11 is 3.63. The molecule has 0 bridgehead atoms. The number of methoxy groups -OCH3 is 1. The summed E-state index contributed by atoms with van der Waals surface area (Å²) in [5, 5.41) is 4.90. The van der Waals surface area contributed by atoms with E-state index in [9.17, 15) is 0 Å². The number of amidine groups is 1. The molecule has 1 aromatic heterocycles. The molecular formula is C26H30N4OS2. The van der Waals surface area contributed by atoms with Gasteiger partial charge in [0.1, 0.15) is 11.4 Å². The number of aryl methyl sites for hydroxylation is 1. The molecule has 2 aliphatic rings. The first-order chi connectivity index (χ1) is 16.1. The van der Waals surface area contributed by atoms with Crippen molar-refractivity contribution in [2.24, 2.45) is 4.99 Å². The van der Waals surface area contributed by atoms with Crippen LogP contribution in [-0.4, -0.2) is 48.5 Å². The lowest BCUT2D eigenvalue weighted by Gasteiger charge is -2.35. The van der Waals surface area contributed by atoms with Crippen molar-refractivity contribution in [1.29, 1.82) is 0 Å². The third-order valence-electron chi connectivity index (χ3n) is 6.11. The van der Waals surface area contributed by atoms with Gasteiger partial charge in [0.2, 0.25) is 0 Å². The summed E-state index contributed by atoms with van der Waals surface area (Å²) in [4.78, 5) is 13.9. The van der Waals surface area contributed by atoms with Crippen LogP contribution in [0.15, 0.2) is 62.6 Å². The van der Waals surface area contributed by atoms with E-state index in [0.29, 0.717) is 12.0 Å². The summed E-state index contributed by atoms with van der Waals surface area (Å²) in [6.07, 6.45) is 2.13. The minimum absolute atomic E-state index is 0.416. The molecule has 1 saturated heterocycles. The van der Waals surface area contributed by atoms with Gasteiger partial charge in [-0.15, -0.1) is 11.3 Å². The Morgan fingerprint density at radius 2 is 1.97 bits per heavy atom. The Labute approximate surface area is 204 Å². The number of aromatic nitrogens is 1. The zero-order valence-corrected chi connectivity index (χ0v) is 21.0. The molecule has 0 amide bonds. The van der Waals surface area contributed by atoms with E-state index in [1.54, 1.807) is 7.11 Å². The lowest BCUT2D eigenvalue weighted by molar-refractivity contribution is 0.281. The van der Waals surface area contributed by atoms with Crippen LogP contribution in [-0.2, 0) is 6.42 Å². The van der Waals surface area contributed by atoms with Crippen LogP contribution in [0.4, 0.5) is 5.69 Å². The molecule has 3 aromatic rings. The van der Waals surface area contributed by atoms with Crippen LogP contribution in [0.1, 0.15) is 42.5 Å². The standard InChI is InChI=1S/C26H30N4OS2/c1-17(2)25-29-23-24(28-21-6-4-5-7-22(21)32-26(23)33-25)30-15-14-27-19(16-30)11-8-18-9-12-20(31-3)13-10-18/h4-7,9-10,12-13,17,19,27H,8,11,14-16H2,1-3H3. The molecule has 0 spiro atoms. The zero-order valence-electron chi connectivity index (χ0n) is 19.4. The molecule has 7 heteroatoms. The number of para-hydroxylation sites is 1. The highest BCUT2D eigenvalue weighted by molar-refractivity contribution is 8.01. The average molecular weight is 479 g/mol. The van der Waals surface area contributed by atoms with Gasteiger partial charge >= 0.3 is 0 Å². The Bertz CT molecular complexity index is 1140. The third-order valence-corrected chi connectivity index (χ3v) is 8.70. The fourth-order valence-corrected chi connectivity index (χ4v) is 6.53. The van der Waals surface area contributed by atoms with E-state index < -0.39 is 0 Å². The lowest BCUT2D eigenvalue weighted by atomic mass is 10.0. The van der Waals surface area contributed by atoms with Gasteiger partial charge in [-0.1, -0.05) is 49.9 Å². The number of nitrogens with zero attached hydrogens (tertiary/aromatic N) is 3. The number of aliphatic imine (C=N–C) groups is 1. The molecule has 0 aliphatic carbocycles. The molecule has 1 unspecified atom stereocenters. The molecule has 172 valence electrons. The van der Waals surface area contributed by atoms with E-state index in [1.165, 1.54) is 19.7 Å². The van der Waals surface area contributed by atoms with E-state index in [0.717, 1.165) is 55.4 Å². The van der Waals surface area contributed by atoms with E-state index >= 15 is 0 Å². The minimum Gasteiger partial charge on any atom is -0.497 e. The topological polar surface area (TPSA) is 49.8 Å². The Kier molecular flexibility index (Phi) is 6.71. The van der Waals surface area contributed by atoms with Gasteiger partial charge in [0.05, 0.1) is 22.0 Å². The van der Waals surface area contributed by atoms with Crippen molar-refractivity contribution in [1.82, 2.24) is 15.2 Å². The van der Waals surface area contributed by atoms with E-state index in [-0.39, 0.29) is 0 Å². The highest BCUT2D eigenvalue weighted by Gasteiger charge is 2.29. The molecule has 33 heavy (non-hydrogen) atoms. The summed E-state index contributed by atoms with van der Waals surface area (Å²) in [6, 6.07) is 17.3. The van der Waals surface area contributed by atoms with Gasteiger partial charge in [-0.3, -0.25) is 0 Å². The van der Waals surface area contributed by atoms with Crippen molar-refractivity contribution < 1.29 is 4.74 Å². The predicted octanol–water partition coefficient (Wildman–Crippen LogP) is 5.72. The van der Waals surface area contributed by atoms with Gasteiger partial charge < -0.3 is 15.0 Å². The fraction of sp³-hybridized carbons (Fsp3) is 0.385. The summed E-state index contributed by atoms with van der Waals surface area (Å²) in [7, 11) is 1.71. The van der Waals surface area contributed by atoms with Gasteiger partial charge in [-0.25, -0.2) is 9.98 Å². The Morgan fingerprint density at radius 1 is 1.15 bits per heavy atom. The van der Waals surface area contributed by atoms with Crippen LogP contribution in [0.25, 0.3) is 0 Å². The second kappa shape index (κ2) is 9.87. The van der Waals surface area contributed by atoms with Gasteiger partial charge in [0, 0.05) is 36.5 Å². The molecular weight excluding hydrogens is 448 g/mol. The molecule has 3 heterocycles. The van der Waals surface area contributed by atoms with Crippen molar-refractivity contribution in [2.45, 2.75) is 47.8 Å². The summed E-state index contributed by atoms with van der Waals surface area (Å²) in [5.74, 6) is 2.35. The lowest BCUT2D eigenvalue weighted by Crippen LogP contribution is -2.53. The zero-order chi connectivity index (χ0) is 22.8. The van der Waals surface area contributed by atoms with Crippen molar-refractivity contribution in [3.8, 4) is 5.75 Å². The quantitative estimate of drug-likeness (QED) is 0.508. The monoisotopic (exact) mass is 478 g/mol. The minimum atomic E-state index is 0.416. The van der Waals surface area contributed by atoms with Crippen LogP contribution in [0, 0.1) is 0 Å². The maximum atomic E-state index is 5.29. The largest absolute Gasteiger partial charge is 0.497 e. The normalized spacial score (nSPS) is 17.9. The number of fused-ring (bicyclic) bond motifs is 2. The second-order valence-electron chi connectivity index (χ2n) is 8.83. The number of hydrogen-bond donors (Lipinski definition) is 1. The number of ether oxygens (including phenoxy) is 1. The molecule has 1 atom stereocenters. The molecule has 0 radical (unpaired) electrons. The maximum Gasteiger partial charge on any atom is 0.157 e. The molecule has 2 aliphatic heterocycles. The molecule has 1 N–H and O–H groups in total. The highest BCUT2D eigenvalue weighted by atomic mass is 32.2. The number of hydrogen-bond acceptors (Lipinski definition) is 7. The Morgan fingerprint density at radius 3 is 2.76 bits per heavy atom. The van der Waals surface area contributed by atoms with Crippen molar-refractivity contribution in [3.63, 3.8) is 0 Å². The van der Waals surface area contributed by atoms with Crippen LogP contribution >= 0.6 is 23.1 Å². The molecule has 0 saturated carbocycles. The summed E-state index contributed by atoms with van der Waals surface area (Å²) < 4.78 is 6.55. The summed E-state index contributed by atoms with van der Waals surface area (Å²) in [5.41, 5.74) is 3.44. The van der Waals surface area contributed by atoms with Crippen molar-refractivity contribution >= 4 is 34.6 Å². The maximum absolute atomic E-state index is 5.29. The van der Waals surface area contributed by atoms with Gasteiger partial charge in [-0.2, -0.15) is 0 Å². The van der Waals surface area contributed by atoms with Gasteiger partial charge in [-0.05, 0) is 42.7 Å². The van der Waals surface area contributed by atoms with Crippen LogP contribution in [0.2, 0.25) is 0 Å². The predicted molar refractivity (Wildman–Crippen MR) is 138 cm³/mol. The second-order valence-corrected chi connectivity index (χ2v) is 11.2. The SMILES string of the molecule is COc1ccc(CCC2CN(C3=Nc4ccccc4Sc4sc(C(C)C)nc43)CCN2)cc1. The van der Waals surface area contributed by atoms with Crippen LogP contribution in [0.3, 0.4) is 0 Å². The van der Waals surface area contributed by atoms with Gasteiger partial charge in [0.25, 0.3) is 0 Å². The van der Waals surface area contributed by atoms with Crippen LogP contribution in [0.5, 0.6) is 5.75 Å². The molecule has 1 fully saturated rings. The van der Waals surface area contributed by atoms with Crippen molar-refractivity contribution in [3.05, 3.63) is 64.8 Å². The first kappa shape index (κ1) is 22.4. The highest BCUT2D eigenvalue weighted by Crippen LogP contribution is 2.44. The number of nitrogens with one attached hydrogen (secondary N) is 1. The first-order valence-corrected chi connectivity index (χ1v) is 13.2. The number of thiazole rings is 1. The number of benzene rings is 2. The number of piperazine rings is 1. The van der Waals surface area contributed by atoms with Crippen molar-refractivity contribution in [2.75, 3.05) is 26.7 Å². The third kappa shape index (κ3) is 4.95. The molecule has 5 nitrogen and oxygen atoms in total. The van der Waals surface area contributed by atoms with Gasteiger partial charge in [0.15, 0.2) is 5.84 Å². The Balaban J connectivity index is 1.38. The Hall–Kier alpha value is -2.35.